The minimum Gasteiger partial charge on any atom is -0.462 e. The predicted molar refractivity (Wildman–Crippen MR) is 124 cm³/mol. The monoisotopic (exact) mass is 430 g/mol. The minimum atomic E-state index is -1.87. The van der Waals surface area contributed by atoms with Crippen LogP contribution in [0.4, 0.5) is 0 Å². The molecule has 0 aliphatic carbocycles. The van der Waals surface area contributed by atoms with Crippen LogP contribution in [0.5, 0.6) is 0 Å². The van der Waals surface area contributed by atoms with Gasteiger partial charge in [-0.15, -0.1) is 0 Å². The van der Waals surface area contributed by atoms with Gasteiger partial charge in [-0.25, -0.2) is 4.79 Å². The molecule has 0 spiro atoms. The summed E-state index contributed by atoms with van der Waals surface area (Å²) >= 11 is 0. The van der Waals surface area contributed by atoms with Crippen LogP contribution < -0.4 is 5.32 Å². The molecule has 4 rings (SSSR count). The molecule has 0 bridgehead atoms. The van der Waals surface area contributed by atoms with Gasteiger partial charge in [0.1, 0.15) is 0 Å². The van der Waals surface area contributed by atoms with Gasteiger partial charge in [-0.05, 0) is 61.5 Å². The van der Waals surface area contributed by atoms with Crippen LogP contribution in [0, 0.1) is 5.92 Å². The maximum absolute atomic E-state index is 13.4. The van der Waals surface area contributed by atoms with Crippen molar-refractivity contribution < 1.29 is 14.6 Å². The van der Waals surface area contributed by atoms with Crippen LogP contribution in [-0.4, -0.2) is 35.8 Å². The Bertz CT molecular complexity index is 934. The minimum absolute atomic E-state index is 0.0270. The van der Waals surface area contributed by atoms with Gasteiger partial charge in [0.05, 0.1) is 6.61 Å². The van der Waals surface area contributed by atoms with Crippen molar-refractivity contribution in [1.29, 1.82) is 0 Å². The lowest BCUT2D eigenvalue weighted by Gasteiger charge is -2.30. The molecule has 0 saturated carbocycles. The van der Waals surface area contributed by atoms with Gasteiger partial charge in [0, 0.05) is 17.8 Å². The van der Waals surface area contributed by atoms with Crippen LogP contribution in [0.1, 0.15) is 42.0 Å². The van der Waals surface area contributed by atoms with Gasteiger partial charge in [0.2, 0.25) is 5.60 Å². The second-order valence-electron chi connectivity index (χ2n) is 8.44. The molecule has 2 aromatic carbocycles. The molecular formula is C27H30N2O3. The van der Waals surface area contributed by atoms with E-state index in [-0.39, 0.29) is 12.5 Å². The molecule has 2 atom stereocenters. The molecule has 2 heterocycles. The van der Waals surface area contributed by atoms with Crippen LogP contribution in [0.3, 0.4) is 0 Å². The van der Waals surface area contributed by atoms with Crippen molar-refractivity contribution in [2.45, 2.75) is 30.8 Å². The van der Waals surface area contributed by atoms with Gasteiger partial charge >= 0.3 is 5.97 Å². The zero-order valence-electron chi connectivity index (χ0n) is 18.2. The summed E-state index contributed by atoms with van der Waals surface area (Å²) in [6.07, 6.45) is 4.96. The molecule has 1 aromatic heterocycles. The summed E-state index contributed by atoms with van der Waals surface area (Å²) in [6, 6.07) is 23.8. The third kappa shape index (κ3) is 5.06. The number of hydrogen-bond acceptors (Lipinski definition) is 5. The molecule has 5 heteroatoms. The summed E-state index contributed by atoms with van der Waals surface area (Å²) in [7, 11) is 0. The van der Waals surface area contributed by atoms with Crippen molar-refractivity contribution in [2.75, 3.05) is 19.7 Å². The Balaban J connectivity index is 1.56. The largest absolute Gasteiger partial charge is 0.462 e. The number of benzene rings is 2. The molecule has 2 N–H and O–H groups in total. The van der Waals surface area contributed by atoms with Crippen LogP contribution in [0.15, 0.2) is 85.1 Å². The first kappa shape index (κ1) is 22.2. The van der Waals surface area contributed by atoms with E-state index in [1.807, 2.05) is 54.6 Å². The standard InChI is InChI=1S/C27H30N2O3/c30-26(27(31,23-11-3-1-4-12-23)24-13-5-2-6-14-24)32-20-22(25-15-7-8-17-29-25)18-21-10-9-16-28-19-21/h1-8,11-15,17,21-22,28,31H,9-10,16,18-20H2/t21-,22?/m1/s1. The lowest BCUT2D eigenvalue weighted by atomic mass is 9.86. The lowest BCUT2D eigenvalue weighted by molar-refractivity contribution is -0.163. The first-order chi connectivity index (χ1) is 15.7. The van der Waals surface area contributed by atoms with Gasteiger partial charge in [-0.2, -0.15) is 0 Å². The summed E-state index contributed by atoms with van der Waals surface area (Å²) in [5, 5.41) is 15.1. The zero-order valence-corrected chi connectivity index (χ0v) is 18.2. The molecule has 3 aromatic rings. The Kier molecular flexibility index (Phi) is 7.30. The van der Waals surface area contributed by atoms with Crippen LogP contribution >= 0.6 is 0 Å². The van der Waals surface area contributed by atoms with E-state index in [0.29, 0.717) is 17.0 Å². The van der Waals surface area contributed by atoms with E-state index in [2.05, 4.69) is 10.3 Å². The van der Waals surface area contributed by atoms with E-state index in [0.717, 1.165) is 38.0 Å². The molecular weight excluding hydrogens is 400 g/mol. The summed E-state index contributed by atoms with van der Waals surface area (Å²) < 4.78 is 5.82. The molecule has 1 fully saturated rings. The van der Waals surface area contributed by atoms with E-state index >= 15 is 0 Å². The van der Waals surface area contributed by atoms with Crippen molar-refractivity contribution >= 4 is 5.97 Å². The number of esters is 1. The highest BCUT2D eigenvalue weighted by atomic mass is 16.5. The van der Waals surface area contributed by atoms with Gasteiger partial charge in [-0.3, -0.25) is 4.98 Å². The Morgan fingerprint density at radius 3 is 2.25 bits per heavy atom. The molecule has 1 saturated heterocycles. The highest BCUT2D eigenvalue weighted by Gasteiger charge is 2.42. The number of nitrogens with one attached hydrogen (secondary N) is 1. The maximum atomic E-state index is 13.4. The maximum Gasteiger partial charge on any atom is 0.347 e. The highest BCUT2D eigenvalue weighted by molar-refractivity contribution is 5.85. The second kappa shape index (κ2) is 10.5. The van der Waals surface area contributed by atoms with Crippen molar-refractivity contribution in [3.05, 3.63) is 102 Å². The van der Waals surface area contributed by atoms with Gasteiger partial charge in [-0.1, -0.05) is 66.7 Å². The van der Waals surface area contributed by atoms with Crippen molar-refractivity contribution in [2.24, 2.45) is 5.92 Å². The molecule has 32 heavy (non-hydrogen) atoms. The molecule has 166 valence electrons. The molecule has 0 amide bonds. The Hall–Kier alpha value is -3.02. The fraction of sp³-hybridized carbons (Fsp3) is 0.333. The van der Waals surface area contributed by atoms with Crippen LogP contribution in [0.25, 0.3) is 0 Å². The molecule has 1 unspecified atom stereocenters. The number of aliphatic hydroxyl groups is 1. The summed E-state index contributed by atoms with van der Waals surface area (Å²) in [5.41, 5.74) is 0.0156. The fourth-order valence-electron chi connectivity index (χ4n) is 4.46. The van der Waals surface area contributed by atoms with E-state index in [4.69, 9.17) is 4.74 Å². The Morgan fingerprint density at radius 2 is 1.69 bits per heavy atom. The van der Waals surface area contributed by atoms with E-state index in [9.17, 15) is 9.90 Å². The number of hydrogen-bond donors (Lipinski definition) is 2. The third-order valence-electron chi connectivity index (χ3n) is 6.22. The predicted octanol–water partition coefficient (Wildman–Crippen LogP) is 4.03. The first-order valence-electron chi connectivity index (χ1n) is 11.3. The van der Waals surface area contributed by atoms with Gasteiger partial charge in [0.25, 0.3) is 0 Å². The molecule has 5 nitrogen and oxygen atoms in total. The number of carbonyl (C=O) groups excluding carboxylic acids is 1. The lowest BCUT2D eigenvalue weighted by Crippen LogP contribution is -2.39. The third-order valence-corrected chi connectivity index (χ3v) is 6.22. The topological polar surface area (TPSA) is 71.5 Å². The van der Waals surface area contributed by atoms with Crippen molar-refractivity contribution in [3.63, 3.8) is 0 Å². The average molecular weight is 431 g/mol. The smallest absolute Gasteiger partial charge is 0.347 e. The Morgan fingerprint density at radius 1 is 1.03 bits per heavy atom. The number of nitrogens with zero attached hydrogens (tertiary/aromatic N) is 1. The average Bonchev–Trinajstić information content (AvgIpc) is 2.88. The SMILES string of the molecule is O=C(OCC(C[C@H]1CCCNC1)c1ccccn1)C(O)(c1ccccc1)c1ccccc1. The normalized spacial score (nSPS) is 17.5. The highest BCUT2D eigenvalue weighted by Crippen LogP contribution is 2.32. The summed E-state index contributed by atoms with van der Waals surface area (Å²) in [6.45, 7) is 2.20. The number of carbonyl (C=O) groups is 1. The fourth-order valence-corrected chi connectivity index (χ4v) is 4.46. The van der Waals surface area contributed by atoms with E-state index in [1.165, 1.54) is 0 Å². The molecule has 1 aliphatic heterocycles. The molecule has 0 radical (unpaired) electrons. The van der Waals surface area contributed by atoms with Crippen LogP contribution in [0.2, 0.25) is 0 Å². The van der Waals surface area contributed by atoms with Gasteiger partial charge in [0.15, 0.2) is 0 Å². The number of piperidine rings is 1. The number of rotatable bonds is 8. The number of aromatic nitrogens is 1. The summed E-state index contributed by atoms with van der Waals surface area (Å²) in [4.78, 5) is 17.9. The van der Waals surface area contributed by atoms with E-state index < -0.39 is 11.6 Å². The van der Waals surface area contributed by atoms with Crippen molar-refractivity contribution in [3.8, 4) is 0 Å². The quantitative estimate of drug-likeness (QED) is 0.528. The van der Waals surface area contributed by atoms with Gasteiger partial charge < -0.3 is 15.2 Å². The summed E-state index contributed by atoms with van der Waals surface area (Å²) in [5.74, 6) is -0.185. The Labute approximate surface area is 189 Å². The first-order valence-corrected chi connectivity index (χ1v) is 11.3. The van der Waals surface area contributed by atoms with Crippen molar-refractivity contribution in [1.82, 2.24) is 10.3 Å². The second-order valence-corrected chi connectivity index (χ2v) is 8.44. The molecule has 1 aliphatic rings. The van der Waals surface area contributed by atoms with E-state index in [1.54, 1.807) is 30.5 Å². The number of ether oxygens (including phenoxy) is 1. The van der Waals surface area contributed by atoms with Crippen LogP contribution in [-0.2, 0) is 15.1 Å². The zero-order chi connectivity index (χ0) is 22.2. The number of pyridine rings is 1.